The van der Waals surface area contributed by atoms with Gasteiger partial charge in [-0.3, -0.25) is 15.0 Å². The van der Waals surface area contributed by atoms with Gasteiger partial charge in [-0.25, -0.2) is 4.79 Å². The smallest absolute Gasteiger partial charge is 0.410 e. The molecule has 2 heterocycles. The molecule has 3 fully saturated rings. The highest BCUT2D eigenvalue weighted by molar-refractivity contribution is 5.68. The van der Waals surface area contributed by atoms with Crippen LogP contribution in [0.5, 0.6) is 0 Å². The van der Waals surface area contributed by atoms with E-state index in [1.807, 2.05) is 37.8 Å². The van der Waals surface area contributed by atoms with Crippen molar-refractivity contribution < 1.29 is 14.5 Å². The molecule has 0 unspecified atom stereocenters. The molecular formula is C24H36N4O4. The van der Waals surface area contributed by atoms with Gasteiger partial charge in [0.1, 0.15) is 5.60 Å². The Kier molecular flexibility index (Phi) is 6.34. The van der Waals surface area contributed by atoms with Gasteiger partial charge in [-0.15, -0.1) is 0 Å². The van der Waals surface area contributed by atoms with Crippen molar-refractivity contribution in [1.29, 1.82) is 0 Å². The topological polar surface area (TPSA) is 79.2 Å². The van der Waals surface area contributed by atoms with E-state index in [-0.39, 0.29) is 16.7 Å². The van der Waals surface area contributed by atoms with Crippen molar-refractivity contribution in [1.82, 2.24) is 9.80 Å². The first-order chi connectivity index (χ1) is 15.1. The number of ether oxygens (including phenoxy) is 1. The summed E-state index contributed by atoms with van der Waals surface area (Å²) < 4.78 is 5.52. The maximum atomic E-state index is 12.3. The highest BCUT2D eigenvalue weighted by Crippen LogP contribution is 2.52. The summed E-state index contributed by atoms with van der Waals surface area (Å²) >= 11 is 0. The zero-order valence-corrected chi connectivity index (χ0v) is 19.6. The second-order valence-corrected chi connectivity index (χ2v) is 10.8. The van der Waals surface area contributed by atoms with Gasteiger partial charge in [0.25, 0.3) is 5.69 Å². The minimum absolute atomic E-state index is 0.142. The number of carbonyl (C=O) groups excluding carboxylic acids is 1. The molecule has 8 heteroatoms. The molecule has 0 N–H and O–H groups in total. The number of amides is 1. The van der Waals surface area contributed by atoms with Crippen LogP contribution in [0, 0.1) is 21.4 Å². The Balaban J connectivity index is 1.17. The quantitative estimate of drug-likeness (QED) is 0.513. The second-order valence-electron chi connectivity index (χ2n) is 10.8. The number of non-ortho nitro benzene ring substituents is 1. The Labute approximate surface area is 190 Å². The molecule has 1 saturated carbocycles. The van der Waals surface area contributed by atoms with Gasteiger partial charge in [0.2, 0.25) is 0 Å². The molecule has 1 spiro atoms. The van der Waals surface area contributed by atoms with Crippen LogP contribution in [0.4, 0.5) is 16.2 Å². The molecule has 32 heavy (non-hydrogen) atoms. The van der Waals surface area contributed by atoms with Crippen molar-refractivity contribution in [2.45, 2.75) is 52.1 Å². The van der Waals surface area contributed by atoms with E-state index in [0.29, 0.717) is 5.41 Å². The van der Waals surface area contributed by atoms with Gasteiger partial charge < -0.3 is 14.5 Å². The van der Waals surface area contributed by atoms with E-state index in [9.17, 15) is 14.9 Å². The standard InChI is InChI=1S/C24H36N4O4/c1-23(2,3)32-22(29)27-10-8-24(9-11-27)16-19(17-24)18-25-12-14-26(15-13-25)20-4-6-21(7-5-20)28(30)31/h4-7,19H,8-18H2,1-3H3. The molecule has 0 bridgehead atoms. The number of piperidine rings is 1. The Hall–Kier alpha value is -2.35. The summed E-state index contributed by atoms with van der Waals surface area (Å²) in [6.45, 7) is 12.5. The number of likely N-dealkylation sites (tertiary alicyclic amines) is 1. The summed E-state index contributed by atoms with van der Waals surface area (Å²) in [6, 6.07) is 6.88. The van der Waals surface area contributed by atoms with E-state index in [1.54, 1.807) is 12.1 Å². The van der Waals surface area contributed by atoms with Gasteiger partial charge >= 0.3 is 6.09 Å². The largest absolute Gasteiger partial charge is 0.444 e. The summed E-state index contributed by atoms with van der Waals surface area (Å²) in [5.41, 5.74) is 1.21. The molecule has 1 aromatic carbocycles. The molecule has 0 radical (unpaired) electrons. The number of carbonyl (C=O) groups is 1. The Morgan fingerprint density at radius 1 is 1.06 bits per heavy atom. The summed E-state index contributed by atoms with van der Waals surface area (Å²) in [5, 5.41) is 10.8. The van der Waals surface area contributed by atoms with Crippen LogP contribution in [-0.4, -0.2) is 72.2 Å². The number of benzene rings is 1. The lowest BCUT2D eigenvalue weighted by Crippen LogP contribution is -2.53. The number of anilines is 1. The molecular weight excluding hydrogens is 408 g/mol. The number of hydrogen-bond acceptors (Lipinski definition) is 6. The highest BCUT2D eigenvalue weighted by atomic mass is 16.6. The highest BCUT2D eigenvalue weighted by Gasteiger charge is 2.47. The van der Waals surface area contributed by atoms with Gasteiger partial charge in [-0.1, -0.05) is 0 Å². The summed E-state index contributed by atoms with van der Waals surface area (Å²) in [4.78, 5) is 29.5. The SMILES string of the molecule is CC(C)(C)OC(=O)N1CCC2(CC1)CC(CN1CCN(c3ccc([N+](=O)[O-])cc3)CC1)C2. The van der Waals surface area contributed by atoms with Gasteiger partial charge in [0, 0.05) is 63.6 Å². The van der Waals surface area contributed by atoms with E-state index in [4.69, 9.17) is 4.74 Å². The van der Waals surface area contributed by atoms with Crippen molar-refractivity contribution >= 4 is 17.5 Å². The van der Waals surface area contributed by atoms with Crippen molar-refractivity contribution in [3.8, 4) is 0 Å². The number of hydrogen-bond donors (Lipinski definition) is 0. The third-order valence-electron chi connectivity index (χ3n) is 7.23. The van der Waals surface area contributed by atoms with E-state index < -0.39 is 5.60 Å². The first kappa shape index (κ1) is 22.8. The fourth-order valence-corrected chi connectivity index (χ4v) is 5.53. The Morgan fingerprint density at radius 2 is 1.66 bits per heavy atom. The molecule has 1 amide bonds. The monoisotopic (exact) mass is 444 g/mol. The van der Waals surface area contributed by atoms with E-state index >= 15 is 0 Å². The van der Waals surface area contributed by atoms with Crippen LogP contribution >= 0.6 is 0 Å². The van der Waals surface area contributed by atoms with Crippen molar-refractivity contribution in [3.63, 3.8) is 0 Å². The zero-order chi connectivity index (χ0) is 22.9. The van der Waals surface area contributed by atoms with Crippen LogP contribution in [0.1, 0.15) is 46.5 Å². The Bertz CT molecular complexity index is 811. The van der Waals surface area contributed by atoms with Crippen molar-refractivity contribution in [2.24, 2.45) is 11.3 Å². The molecule has 4 rings (SSSR count). The van der Waals surface area contributed by atoms with Crippen LogP contribution in [0.25, 0.3) is 0 Å². The molecule has 0 aromatic heterocycles. The van der Waals surface area contributed by atoms with E-state index in [1.165, 1.54) is 12.8 Å². The molecule has 8 nitrogen and oxygen atoms in total. The lowest BCUT2D eigenvalue weighted by molar-refractivity contribution is -0.384. The average molecular weight is 445 g/mol. The minimum Gasteiger partial charge on any atom is -0.444 e. The van der Waals surface area contributed by atoms with Gasteiger partial charge in [-0.2, -0.15) is 0 Å². The number of nitro groups is 1. The number of nitrogens with zero attached hydrogens (tertiary/aromatic N) is 4. The minimum atomic E-state index is -0.434. The third-order valence-corrected chi connectivity index (χ3v) is 7.23. The van der Waals surface area contributed by atoms with Crippen LogP contribution in [0.2, 0.25) is 0 Å². The molecule has 0 atom stereocenters. The second kappa shape index (κ2) is 8.89. The molecule has 2 aliphatic heterocycles. The number of piperazine rings is 1. The van der Waals surface area contributed by atoms with Crippen LogP contribution in [0.15, 0.2) is 24.3 Å². The maximum Gasteiger partial charge on any atom is 0.410 e. The summed E-state index contributed by atoms with van der Waals surface area (Å²) in [7, 11) is 0. The zero-order valence-electron chi connectivity index (χ0n) is 19.6. The van der Waals surface area contributed by atoms with Crippen molar-refractivity contribution in [2.75, 3.05) is 50.7 Å². The lowest BCUT2D eigenvalue weighted by Gasteiger charge is -2.53. The van der Waals surface area contributed by atoms with E-state index in [2.05, 4.69) is 9.80 Å². The summed E-state index contributed by atoms with van der Waals surface area (Å²) in [5.74, 6) is 0.758. The molecule has 3 aliphatic rings. The predicted octanol–water partition coefficient (Wildman–Crippen LogP) is 4.14. The fraction of sp³-hybridized carbons (Fsp3) is 0.708. The molecule has 1 aliphatic carbocycles. The number of rotatable bonds is 4. The maximum absolute atomic E-state index is 12.3. The molecule has 176 valence electrons. The number of nitro benzene ring substituents is 1. The van der Waals surface area contributed by atoms with Crippen LogP contribution < -0.4 is 4.90 Å². The first-order valence-electron chi connectivity index (χ1n) is 11.8. The van der Waals surface area contributed by atoms with Gasteiger partial charge in [-0.05, 0) is 69.9 Å². The van der Waals surface area contributed by atoms with Crippen molar-refractivity contribution in [3.05, 3.63) is 34.4 Å². The Morgan fingerprint density at radius 3 is 2.19 bits per heavy atom. The fourth-order valence-electron chi connectivity index (χ4n) is 5.53. The average Bonchev–Trinajstić information content (AvgIpc) is 2.72. The van der Waals surface area contributed by atoms with E-state index in [0.717, 1.165) is 70.3 Å². The predicted molar refractivity (Wildman–Crippen MR) is 124 cm³/mol. The lowest BCUT2D eigenvalue weighted by atomic mass is 9.57. The van der Waals surface area contributed by atoms with Crippen LogP contribution in [0.3, 0.4) is 0 Å². The molecule has 2 saturated heterocycles. The normalized spacial score (nSPS) is 22.0. The van der Waals surface area contributed by atoms with Gasteiger partial charge in [0.15, 0.2) is 0 Å². The van der Waals surface area contributed by atoms with Gasteiger partial charge in [0.05, 0.1) is 4.92 Å². The first-order valence-corrected chi connectivity index (χ1v) is 11.8. The third kappa shape index (κ3) is 5.34. The summed E-state index contributed by atoms with van der Waals surface area (Å²) in [6.07, 6.45) is 4.57. The van der Waals surface area contributed by atoms with Crippen LogP contribution in [-0.2, 0) is 4.74 Å². The molecule has 1 aromatic rings.